The van der Waals surface area contributed by atoms with Gasteiger partial charge in [-0.3, -0.25) is 9.79 Å². The van der Waals surface area contributed by atoms with Crippen LogP contribution in [0.5, 0.6) is 0 Å². The number of nitrogens with one attached hydrogen (secondary N) is 1. The quantitative estimate of drug-likeness (QED) is 0.275. The molecule has 12 heavy (non-hydrogen) atoms. The molecule has 1 amide bonds. The Bertz CT molecular complexity index is 107. The Morgan fingerprint density at radius 2 is 2.00 bits per heavy atom. The molecule has 0 atom stereocenters. The van der Waals surface area contributed by atoms with Gasteiger partial charge in [0, 0.05) is 13.3 Å². The Balaban J connectivity index is -0.000000142. The van der Waals surface area contributed by atoms with E-state index in [-0.39, 0.29) is 13.3 Å². The highest BCUT2D eigenvalue weighted by atomic mass is 16.2. The van der Waals surface area contributed by atoms with E-state index in [0.717, 1.165) is 0 Å². The monoisotopic (exact) mass is 181 g/mol. The first-order chi connectivity index (χ1) is 5.15. The van der Waals surface area contributed by atoms with Crippen molar-refractivity contribution in [3.8, 4) is 0 Å². The maximum Gasteiger partial charge on any atom is 0.214 e. The molecule has 0 aliphatic carbocycles. The number of hydrogen-bond donors (Lipinski definition) is 2. The van der Waals surface area contributed by atoms with Crippen molar-refractivity contribution < 1.29 is 9.79 Å². The summed E-state index contributed by atoms with van der Waals surface area (Å²) < 4.78 is 0. The summed E-state index contributed by atoms with van der Waals surface area (Å²) in [4.78, 5) is 12.2. The van der Waals surface area contributed by atoms with Gasteiger partial charge in [0.05, 0.1) is 0 Å². The second-order valence-electron chi connectivity index (χ2n) is 2.25. The third kappa shape index (κ3) is 61.4. The van der Waals surface area contributed by atoms with Gasteiger partial charge in [-0.25, -0.2) is 0 Å². The second-order valence-corrected chi connectivity index (χ2v) is 2.25. The summed E-state index contributed by atoms with van der Waals surface area (Å²) in [6.45, 7) is 3.50. The van der Waals surface area contributed by atoms with Crippen LogP contribution >= 0.6 is 0 Å². The second kappa shape index (κ2) is 16.6. The predicted molar refractivity (Wildman–Crippen MR) is 54.1 cm³/mol. The van der Waals surface area contributed by atoms with E-state index in [1.807, 2.05) is 7.05 Å². The van der Waals surface area contributed by atoms with E-state index in [2.05, 4.69) is 23.9 Å². The number of amides is 1. The van der Waals surface area contributed by atoms with E-state index >= 15 is 0 Å². The Morgan fingerprint density at radius 3 is 2.25 bits per heavy atom. The van der Waals surface area contributed by atoms with Gasteiger partial charge in [0.15, 0.2) is 0 Å². The van der Waals surface area contributed by atoms with Gasteiger partial charge in [-0.15, -0.1) is 0 Å². The largest absolute Gasteiger partial charge is 0.370 e. The summed E-state index contributed by atoms with van der Waals surface area (Å²) in [5.74, 6) is -0.333. The van der Waals surface area contributed by atoms with Gasteiger partial charge in [0.25, 0.3) is 0 Å². The van der Waals surface area contributed by atoms with Crippen molar-refractivity contribution in [2.45, 2.75) is 40.5 Å². The maximum absolute atomic E-state index is 9.22. The van der Waals surface area contributed by atoms with Gasteiger partial charge in [-0.2, -0.15) is 0 Å². The number of primary amides is 1. The number of rotatable bonds is 3. The normalized spacial score (nSPS) is 8.25. The first kappa shape index (κ1) is 17.3. The zero-order chi connectivity index (χ0) is 9.11. The molecule has 0 radical (unpaired) electrons. The number of unbranched alkanes of at least 4 members (excludes halogenated alkanes) is 2. The molecular weight excluding hydrogens is 158 g/mol. The minimum Gasteiger partial charge on any atom is -0.370 e. The number of nitrogens with two attached hydrogens (primary N) is 1. The third-order valence-corrected chi connectivity index (χ3v) is 0.906. The number of hydrogen-bond acceptors (Lipinski definition) is 1. The molecule has 3 heteroatoms. The van der Waals surface area contributed by atoms with Crippen LogP contribution in [0.1, 0.15) is 40.5 Å². The molecule has 0 saturated heterocycles. The van der Waals surface area contributed by atoms with Crippen LogP contribution in [0.2, 0.25) is 0 Å². The van der Waals surface area contributed by atoms with Gasteiger partial charge in [-0.05, 0) is 6.42 Å². The van der Waals surface area contributed by atoms with Crippen molar-refractivity contribution >= 4 is 12.1 Å². The zero-order valence-corrected chi connectivity index (χ0v) is 7.68. The Kier molecular flexibility index (Phi) is 23.9. The maximum atomic E-state index is 9.22. The summed E-state index contributed by atoms with van der Waals surface area (Å²) in [7, 11) is 1.94. The fourth-order valence-electron chi connectivity index (χ4n) is 0.451. The van der Waals surface area contributed by atoms with Crippen molar-refractivity contribution in [1.29, 1.82) is 0 Å². The molecule has 0 aliphatic heterocycles. The minimum absolute atomic E-state index is 0. The molecule has 0 heterocycles. The fourth-order valence-corrected chi connectivity index (χ4v) is 0.451. The van der Waals surface area contributed by atoms with E-state index in [0.29, 0.717) is 0 Å². The van der Waals surface area contributed by atoms with E-state index in [1.165, 1.54) is 26.2 Å². The molecule has 0 aromatic carbocycles. The van der Waals surface area contributed by atoms with E-state index in [1.54, 1.807) is 0 Å². The molecular formula is C9H23N2O+. The van der Waals surface area contributed by atoms with E-state index < -0.39 is 0 Å². The summed E-state index contributed by atoms with van der Waals surface area (Å²) in [6.07, 6.45) is 5.88. The van der Waals surface area contributed by atoms with Gasteiger partial charge >= 0.3 is 0 Å². The Hall–Kier alpha value is -0.860. The summed E-state index contributed by atoms with van der Waals surface area (Å²) in [5, 5.41) is 0. The highest BCUT2D eigenvalue weighted by Crippen LogP contribution is 1.86. The third-order valence-electron chi connectivity index (χ3n) is 0.906. The standard InChI is InChI=1S/C6H13N.C2H5NO.CH4/c1-3-4-5-6-7-2;1-2(3)4;/h6H,3-5H2,1-2H3;1H3,(H2,3,4);1H4/p+1/i1+1,2+1,7+1;2+1,3+1;1+1. The van der Waals surface area contributed by atoms with Crippen molar-refractivity contribution in [2.24, 2.45) is 5.73 Å². The minimum atomic E-state index is -0.333. The van der Waals surface area contributed by atoms with Crippen LogP contribution in [-0.4, -0.2) is 19.2 Å². The Labute approximate surface area is 76.1 Å². The van der Waals surface area contributed by atoms with Crippen molar-refractivity contribution in [2.75, 3.05) is 7.05 Å². The average Bonchev–Trinajstić information content (AvgIpc) is 1.88. The smallest absolute Gasteiger partial charge is 0.214 e. The fraction of sp³-hybridized carbons (Fsp3) is 0.778. The SMILES string of the molecule is C[13C]([15NH2])=O.[13CH3]CCCC=[15NH+][13CH3].[13CH4]. The van der Waals surface area contributed by atoms with Crippen LogP contribution < -0.4 is 10.7 Å². The van der Waals surface area contributed by atoms with Crippen LogP contribution in [0, 0.1) is 0 Å². The molecule has 0 spiro atoms. The van der Waals surface area contributed by atoms with E-state index in [9.17, 15) is 4.79 Å². The van der Waals surface area contributed by atoms with Gasteiger partial charge < -0.3 is 5.73 Å². The van der Waals surface area contributed by atoms with Gasteiger partial charge in [0.1, 0.15) is 13.3 Å². The first-order valence-electron chi connectivity index (χ1n) is 3.90. The summed E-state index contributed by atoms with van der Waals surface area (Å²) in [5.41, 5.74) is 4.47. The average molecular weight is 181 g/mol. The molecule has 3 nitrogen and oxygen atoms in total. The van der Waals surface area contributed by atoms with Gasteiger partial charge in [-0.1, -0.05) is 20.8 Å². The van der Waals surface area contributed by atoms with Crippen LogP contribution in [0.15, 0.2) is 0 Å². The zero-order valence-electron chi connectivity index (χ0n) is 7.68. The van der Waals surface area contributed by atoms with Crippen molar-refractivity contribution in [1.82, 2.24) is 0 Å². The van der Waals surface area contributed by atoms with Crippen molar-refractivity contribution in [3.63, 3.8) is 0 Å². The molecule has 0 aromatic rings. The predicted octanol–water partition coefficient (Wildman–Crippen LogP) is 0.0855. The first-order valence-corrected chi connectivity index (χ1v) is 3.90. The molecule has 0 aromatic heterocycles. The molecule has 0 saturated carbocycles. The number of carbonyl (C=O) groups is 1. The van der Waals surface area contributed by atoms with E-state index in [4.69, 9.17) is 0 Å². The highest BCUT2D eigenvalue weighted by molar-refractivity contribution is 5.70. The Morgan fingerprint density at radius 1 is 1.58 bits per heavy atom. The molecule has 74 valence electrons. The summed E-state index contributed by atoms with van der Waals surface area (Å²) >= 11 is 0. The van der Waals surface area contributed by atoms with Crippen LogP contribution in [0.25, 0.3) is 0 Å². The molecule has 3 N–H and O–H groups in total. The van der Waals surface area contributed by atoms with Crippen LogP contribution in [0.3, 0.4) is 0 Å². The lowest BCUT2D eigenvalue weighted by Gasteiger charge is -1.79. The lowest BCUT2D eigenvalue weighted by Crippen LogP contribution is -2.62. The highest BCUT2D eigenvalue weighted by Gasteiger charge is 1.77. The van der Waals surface area contributed by atoms with Crippen LogP contribution in [0.4, 0.5) is 0 Å². The number of carbonyl (C=O) groups excluding carboxylic acids is 1. The summed E-state index contributed by atoms with van der Waals surface area (Å²) in [6, 6.07) is 0. The van der Waals surface area contributed by atoms with Gasteiger partial charge in [0.2, 0.25) is 5.91 Å². The molecule has 0 rings (SSSR count). The van der Waals surface area contributed by atoms with Crippen molar-refractivity contribution in [3.05, 3.63) is 0 Å². The molecule has 0 bridgehead atoms. The van der Waals surface area contributed by atoms with Crippen LogP contribution in [-0.2, 0) is 4.79 Å². The lowest BCUT2D eigenvalue weighted by atomic mass is 10.3. The molecule has 0 fully saturated rings. The molecule has 0 aliphatic rings. The lowest BCUT2D eigenvalue weighted by molar-refractivity contribution is -0.415. The topological polar surface area (TPSA) is 57.1 Å². The molecule has 0 unspecified atom stereocenters.